The van der Waals surface area contributed by atoms with Crippen molar-refractivity contribution in [3.8, 4) is 0 Å². The van der Waals surface area contributed by atoms with Crippen molar-refractivity contribution in [2.24, 2.45) is 17.5 Å². The zero-order chi connectivity index (χ0) is 15.4. The molecule has 2 rings (SSSR count). The van der Waals surface area contributed by atoms with Gasteiger partial charge in [0.1, 0.15) is 5.82 Å². The summed E-state index contributed by atoms with van der Waals surface area (Å²) in [6, 6.07) is 4.15. The molecule has 0 unspecified atom stereocenters. The van der Waals surface area contributed by atoms with Crippen molar-refractivity contribution in [2.45, 2.75) is 19.4 Å². The van der Waals surface area contributed by atoms with E-state index in [1.54, 1.807) is 0 Å². The van der Waals surface area contributed by atoms with E-state index in [9.17, 15) is 14.0 Å². The SMILES string of the molecule is NNC(=O)c1ccc(F)c(CN2CCC(C(N)=O)CC2)c1. The van der Waals surface area contributed by atoms with Crippen LogP contribution in [0.4, 0.5) is 4.39 Å². The van der Waals surface area contributed by atoms with Crippen LogP contribution in [-0.2, 0) is 11.3 Å². The van der Waals surface area contributed by atoms with Crippen molar-refractivity contribution in [3.05, 3.63) is 35.1 Å². The predicted octanol–water partition coefficient (Wildman–Crippen LogP) is 0.126. The summed E-state index contributed by atoms with van der Waals surface area (Å²) >= 11 is 0. The standard InChI is InChI=1S/C14H19FN4O2/c15-12-2-1-10(14(21)18-17)7-11(12)8-19-5-3-9(4-6-19)13(16)20/h1-2,7,9H,3-6,8,17H2,(H2,16,20)(H,18,21). The van der Waals surface area contributed by atoms with Gasteiger partial charge in [-0.2, -0.15) is 0 Å². The largest absolute Gasteiger partial charge is 0.369 e. The fourth-order valence-electron chi connectivity index (χ4n) is 2.54. The van der Waals surface area contributed by atoms with Crippen LogP contribution >= 0.6 is 0 Å². The van der Waals surface area contributed by atoms with Gasteiger partial charge in [-0.3, -0.25) is 19.9 Å². The molecular formula is C14H19FN4O2. The molecule has 1 heterocycles. The highest BCUT2D eigenvalue weighted by Gasteiger charge is 2.23. The summed E-state index contributed by atoms with van der Waals surface area (Å²) in [4.78, 5) is 24.6. The maximum Gasteiger partial charge on any atom is 0.265 e. The number of nitrogens with two attached hydrogens (primary N) is 2. The number of nitrogens with zero attached hydrogens (tertiary/aromatic N) is 1. The second-order valence-electron chi connectivity index (χ2n) is 5.23. The third-order valence-electron chi connectivity index (χ3n) is 3.82. The molecule has 21 heavy (non-hydrogen) atoms. The Morgan fingerprint density at radius 1 is 1.33 bits per heavy atom. The lowest BCUT2D eigenvalue weighted by molar-refractivity contribution is -0.123. The molecule has 1 aliphatic rings. The molecule has 1 aromatic rings. The average molecular weight is 294 g/mol. The maximum absolute atomic E-state index is 13.8. The van der Waals surface area contributed by atoms with Crippen LogP contribution in [0.25, 0.3) is 0 Å². The van der Waals surface area contributed by atoms with Gasteiger partial charge in [-0.15, -0.1) is 0 Å². The Morgan fingerprint density at radius 2 is 2.00 bits per heavy atom. The molecule has 6 nitrogen and oxygen atoms in total. The topological polar surface area (TPSA) is 101 Å². The first-order chi connectivity index (χ1) is 10.0. The molecule has 0 radical (unpaired) electrons. The number of nitrogen functional groups attached to an aromatic ring is 1. The van der Waals surface area contributed by atoms with Gasteiger partial charge in [0.2, 0.25) is 5.91 Å². The number of hydrazine groups is 1. The van der Waals surface area contributed by atoms with Gasteiger partial charge in [0.15, 0.2) is 0 Å². The molecule has 114 valence electrons. The van der Waals surface area contributed by atoms with E-state index in [4.69, 9.17) is 11.6 Å². The van der Waals surface area contributed by atoms with Crippen molar-refractivity contribution in [3.63, 3.8) is 0 Å². The Balaban J connectivity index is 2.03. The molecular weight excluding hydrogens is 275 g/mol. The number of halogens is 1. The van der Waals surface area contributed by atoms with Crippen LogP contribution in [0.5, 0.6) is 0 Å². The second kappa shape index (κ2) is 6.64. The smallest absolute Gasteiger partial charge is 0.265 e. The van der Waals surface area contributed by atoms with E-state index < -0.39 is 5.91 Å². The Kier molecular flexibility index (Phi) is 4.87. The normalized spacial score (nSPS) is 16.7. The third kappa shape index (κ3) is 3.77. The lowest BCUT2D eigenvalue weighted by Gasteiger charge is -2.30. The number of benzene rings is 1. The second-order valence-corrected chi connectivity index (χ2v) is 5.23. The van der Waals surface area contributed by atoms with Gasteiger partial charge >= 0.3 is 0 Å². The van der Waals surface area contributed by atoms with Gasteiger partial charge in [0.25, 0.3) is 5.91 Å². The van der Waals surface area contributed by atoms with Crippen LogP contribution in [0.1, 0.15) is 28.8 Å². The number of amides is 2. The molecule has 5 N–H and O–H groups in total. The molecule has 0 spiro atoms. The summed E-state index contributed by atoms with van der Waals surface area (Å²) in [5.74, 6) is 3.88. The van der Waals surface area contributed by atoms with E-state index in [0.29, 0.717) is 43.6 Å². The highest BCUT2D eigenvalue weighted by molar-refractivity contribution is 5.93. The molecule has 0 saturated carbocycles. The quantitative estimate of drug-likeness (QED) is 0.417. The number of carbonyl (C=O) groups is 2. The molecule has 0 bridgehead atoms. The minimum absolute atomic E-state index is 0.0968. The average Bonchev–Trinajstić information content (AvgIpc) is 2.49. The molecule has 7 heteroatoms. The predicted molar refractivity (Wildman–Crippen MR) is 75.2 cm³/mol. The fourth-order valence-corrected chi connectivity index (χ4v) is 2.54. The lowest BCUT2D eigenvalue weighted by Crippen LogP contribution is -2.38. The number of primary amides is 1. The van der Waals surface area contributed by atoms with Gasteiger partial charge in [-0.05, 0) is 44.1 Å². The summed E-state index contributed by atoms with van der Waals surface area (Å²) in [6.07, 6.45) is 1.36. The first-order valence-electron chi connectivity index (χ1n) is 6.82. The monoisotopic (exact) mass is 294 g/mol. The minimum Gasteiger partial charge on any atom is -0.369 e. The maximum atomic E-state index is 13.8. The number of rotatable bonds is 4. The summed E-state index contributed by atoms with van der Waals surface area (Å²) in [7, 11) is 0. The van der Waals surface area contributed by atoms with Crippen molar-refractivity contribution in [1.29, 1.82) is 0 Å². The van der Waals surface area contributed by atoms with Gasteiger partial charge in [-0.25, -0.2) is 10.2 Å². The molecule has 1 saturated heterocycles. The van der Waals surface area contributed by atoms with Crippen molar-refractivity contribution < 1.29 is 14.0 Å². The molecule has 0 aliphatic carbocycles. The fraction of sp³-hybridized carbons (Fsp3) is 0.429. The highest BCUT2D eigenvalue weighted by Crippen LogP contribution is 2.20. The third-order valence-corrected chi connectivity index (χ3v) is 3.82. The zero-order valence-corrected chi connectivity index (χ0v) is 11.6. The van der Waals surface area contributed by atoms with E-state index in [1.165, 1.54) is 18.2 Å². The van der Waals surface area contributed by atoms with Gasteiger partial charge in [-0.1, -0.05) is 0 Å². The number of piperidine rings is 1. The molecule has 1 aliphatic heterocycles. The zero-order valence-electron chi connectivity index (χ0n) is 11.6. The molecule has 2 amide bonds. The van der Waals surface area contributed by atoms with Crippen LogP contribution in [0.2, 0.25) is 0 Å². The first kappa shape index (κ1) is 15.4. The van der Waals surface area contributed by atoms with Crippen LogP contribution in [0.15, 0.2) is 18.2 Å². The van der Waals surface area contributed by atoms with E-state index in [0.717, 1.165) is 0 Å². The molecule has 1 fully saturated rings. The first-order valence-corrected chi connectivity index (χ1v) is 6.82. The van der Waals surface area contributed by atoms with E-state index in [2.05, 4.69) is 0 Å². The summed E-state index contributed by atoms with van der Waals surface area (Å²) < 4.78 is 13.8. The minimum atomic E-state index is -0.455. The molecule has 0 atom stereocenters. The van der Waals surface area contributed by atoms with Crippen molar-refractivity contribution in [1.82, 2.24) is 10.3 Å². The van der Waals surface area contributed by atoms with Crippen LogP contribution < -0.4 is 17.0 Å². The summed E-state index contributed by atoms with van der Waals surface area (Å²) in [5, 5.41) is 0. The van der Waals surface area contributed by atoms with Gasteiger partial charge < -0.3 is 5.73 Å². The summed E-state index contributed by atoms with van der Waals surface area (Å²) in [5.41, 5.74) is 8.07. The number of likely N-dealkylation sites (tertiary alicyclic amines) is 1. The van der Waals surface area contributed by atoms with E-state index in [1.807, 2.05) is 10.3 Å². The highest BCUT2D eigenvalue weighted by atomic mass is 19.1. The number of carbonyl (C=O) groups excluding carboxylic acids is 2. The Morgan fingerprint density at radius 3 is 2.57 bits per heavy atom. The number of hydrogen-bond acceptors (Lipinski definition) is 4. The Labute approximate surface area is 122 Å². The van der Waals surface area contributed by atoms with Crippen LogP contribution in [0.3, 0.4) is 0 Å². The van der Waals surface area contributed by atoms with Crippen LogP contribution in [0, 0.1) is 11.7 Å². The summed E-state index contributed by atoms with van der Waals surface area (Å²) in [6.45, 7) is 1.75. The number of hydrogen-bond donors (Lipinski definition) is 3. The van der Waals surface area contributed by atoms with Crippen molar-refractivity contribution >= 4 is 11.8 Å². The van der Waals surface area contributed by atoms with E-state index in [-0.39, 0.29) is 17.6 Å². The molecule has 1 aromatic carbocycles. The molecule has 0 aromatic heterocycles. The van der Waals surface area contributed by atoms with E-state index >= 15 is 0 Å². The Hall–Kier alpha value is -1.99. The van der Waals surface area contributed by atoms with Gasteiger partial charge in [0, 0.05) is 23.6 Å². The lowest BCUT2D eigenvalue weighted by atomic mass is 9.96. The van der Waals surface area contributed by atoms with Crippen LogP contribution in [-0.4, -0.2) is 29.8 Å². The Bertz CT molecular complexity index is 542. The van der Waals surface area contributed by atoms with Crippen molar-refractivity contribution in [2.75, 3.05) is 13.1 Å². The van der Waals surface area contributed by atoms with Gasteiger partial charge in [0.05, 0.1) is 0 Å². The number of nitrogens with one attached hydrogen (secondary N) is 1.